The molecular weight excluding hydrogens is 232 g/mol. The van der Waals surface area contributed by atoms with Crippen molar-refractivity contribution in [3.63, 3.8) is 0 Å². The quantitative estimate of drug-likeness (QED) is 0.510. The van der Waals surface area contributed by atoms with Gasteiger partial charge in [-0.1, -0.05) is 0 Å². The van der Waals surface area contributed by atoms with Gasteiger partial charge in [-0.2, -0.15) is 0 Å². The molecule has 0 amide bonds. The van der Waals surface area contributed by atoms with Crippen molar-refractivity contribution in [2.45, 2.75) is 0 Å². The van der Waals surface area contributed by atoms with Gasteiger partial charge in [0.15, 0.2) is 0 Å². The van der Waals surface area contributed by atoms with E-state index in [-0.39, 0.29) is 39.6 Å². The molecule has 0 fully saturated rings. The molecule has 0 unspecified atom stereocenters. The third kappa shape index (κ3) is 3.35. The van der Waals surface area contributed by atoms with Crippen LogP contribution in [0.5, 0.6) is 0 Å². The molecule has 4 nitrogen and oxygen atoms in total. The Morgan fingerprint density at radius 3 is 1.92 bits per heavy atom. The molecule has 60 valence electrons. The number of hydrogen-bond acceptors (Lipinski definition) is 1. The summed E-state index contributed by atoms with van der Waals surface area (Å²) in [5.74, 6) is 0. The SMILES string of the molecule is [NH-]c1ccc([As](=O)(O)O)cc1.[Na+]. The van der Waals surface area contributed by atoms with Gasteiger partial charge in [0.2, 0.25) is 0 Å². The first-order valence-corrected chi connectivity index (χ1v) is 6.26. The summed E-state index contributed by atoms with van der Waals surface area (Å²) in [5, 5.41) is 0. The predicted molar refractivity (Wildman–Crippen MR) is 40.9 cm³/mol. The standard InChI is InChI=1S/C6H7AsNO3.Na/c8-6-3-1-5(2-4-6)7(9,10)11;/h1-4,8H,(H2,9,10,11);/q-1;+1. The summed E-state index contributed by atoms with van der Waals surface area (Å²) in [6.07, 6.45) is 0. The first-order chi connectivity index (χ1) is 5.00. The van der Waals surface area contributed by atoms with Gasteiger partial charge in [-0.05, 0) is 0 Å². The molecule has 0 saturated heterocycles. The Bertz CT molecular complexity index is 294. The molecular formula is C6H7AsNNaO3. The number of nitrogens with one attached hydrogen (secondary N) is 1. The van der Waals surface area contributed by atoms with E-state index in [1.807, 2.05) is 0 Å². The minimum atomic E-state index is -4.71. The average molecular weight is 239 g/mol. The van der Waals surface area contributed by atoms with Crippen LogP contribution in [0.2, 0.25) is 0 Å². The fourth-order valence-corrected chi connectivity index (χ4v) is 1.78. The average Bonchev–Trinajstić information content (AvgIpc) is 1.86. The Labute approximate surface area is 95.1 Å². The van der Waals surface area contributed by atoms with Crippen molar-refractivity contribution in [1.29, 1.82) is 0 Å². The van der Waals surface area contributed by atoms with Gasteiger partial charge in [-0.25, -0.2) is 0 Å². The normalized spacial score (nSPS) is 10.5. The van der Waals surface area contributed by atoms with E-state index in [9.17, 15) is 3.74 Å². The van der Waals surface area contributed by atoms with E-state index in [1.165, 1.54) is 24.3 Å². The maximum absolute atomic E-state index is 10.6. The van der Waals surface area contributed by atoms with Crippen LogP contribution in [0.1, 0.15) is 0 Å². The van der Waals surface area contributed by atoms with Crippen LogP contribution in [-0.2, 0) is 3.74 Å². The number of rotatable bonds is 1. The second-order valence-corrected chi connectivity index (χ2v) is 5.46. The smallest absolute Gasteiger partial charge is 1.00 e. The largest absolute Gasteiger partial charge is 1.00 e. The van der Waals surface area contributed by atoms with Gasteiger partial charge < -0.3 is 0 Å². The third-order valence-corrected chi connectivity index (χ3v) is 3.24. The van der Waals surface area contributed by atoms with Gasteiger partial charge in [0.1, 0.15) is 0 Å². The summed E-state index contributed by atoms with van der Waals surface area (Å²) < 4.78 is 28.0. The van der Waals surface area contributed by atoms with Crippen LogP contribution in [-0.4, -0.2) is 22.4 Å². The van der Waals surface area contributed by atoms with Crippen LogP contribution in [0.4, 0.5) is 5.69 Å². The van der Waals surface area contributed by atoms with Gasteiger partial charge in [0, 0.05) is 0 Å². The molecule has 0 aliphatic heterocycles. The topological polar surface area (TPSA) is 81.3 Å². The monoisotopic (exact) mass is 239 g/mol. The fourth-order valence-electron chi connectivity index (χ4n) is 0.656. The van der Waals surface area contributed by atoms with Crippen LogP contribution < -0.4 is 33.9 Å². The van der Waals surface area contributed by atoms with E-state index in [2.05, 4.69) is 0 Å². The van der Waals surface area contributed by atoms with Crippen LogP contribution in [0.25, 0.3) is 5.73 Å². The Morgan fingerprint density at radius 2 is 1.58 bits per heavy atom. The number of hydrogen-bond donors (Lipinski definition) is 2. The molecule has 0 heterocycles. The molecule has 3 N–H and O–H groups in total. The summed E-state index contributed by atoms with van der Waals surface area (Å²) in [4.78, 5) is 0. The maximum atomic E-state index is 10.6. The summed E-state index contributed by atoms with van der Waals surface area (Å²) in [7, 11) is 0. The van der Waals surface area contributed by atoms with Crippen LogP contribution in [0, 0.1) is 0 Å². The first kappa shape index (κ1) is 12.3. The summed E-state index contributed by atoms with van der Waals surface area (Å²) in [6.45, 7) is 0. The van der Waals surface area contributed by atoms with Gasteiger partial charge in [0.25, 0.3) is 0 Å². The zero-order valence-electron chi connectivity index (χ0n) is 6.56. The maximum Gasteiger partial charge on any atom is 1.00 e. The van der Waals surface area contributed by atoms with E-state index in [0.29, 0.717) is 0 Å². The molecule has 0 bridgehead atoms. The summed E-state index contributed by atoms with van der Waals surface area (Å²) in [5.41, 5.74) is 7.30. The van der Waals surface area contributed by atoms with E-state index in [4.69, 9.17) is 13.9 Å². The first-order valence-electron chi connectivity index (χ1n) is 2.88. The molecule has 0 spiro atoms. The fraction of sp³-hybridized carbons (Fsp3) is 0. The van der Waals surface area contributed by atoms with Crippen molar-refractivity contribution >= 4 is 24.2 Å². The minimum Gasteiger partial charge on any atom is 1.00 e. The predicted octanol–water partition coefficient (Wildman–Crippen LogP) is -3.06. The van der Waals surface area contributed by atoms with Crippen LogP contribution in [0.15, 0.2) is 24.3 Å². The molecule has 1 aromatic carbocycles. The van der Waals surface area contributed by atoms with Gasteiger partial charge in [-0.15, -0.1) is 0 Å². The third-order valence-electron chi connectivity index (χ3n) is 1.20. The van der Waals surface area contributed by atoms with Crippen LogP contribution >= 0.6 is 0 Å². The van der Waals surface area contributed by atoms with Crippen molar-refractivity contribution in [2.75, 3.05) is 0 Å². The zero-order chi connectivity index (χ0) is 8.48. The molecule has 0 aromatic heterocycles. The zero-order valence-corrected chi connectivity index (χ0v) is 10.4. The van der Waals surface area contributed by atoms with Gasteiger partial charge >= 0.3 is 95.7 Å². The van der Waals surface area contributed by atoms with Crippen LogP contribution in [0.3, 0.4) is 0 Å². The van der Waals surface area contributed by atoms with Crippen molar-refractivity contribution in [3.05, 3.63) is 30.0 Å². The second-order valence-electron chi connectivity index (χ2n) is 2.09. The van der Waals surface area contributed by atoms with Crippen molar-refractivity contribution in [2.24, 2.45) is 0 Å². The molecule has 0 aliphatic rings. The molecule has 0 saturated carbocycles. The van der Waals surface area contributed by atoms with Crippen molar-refractivity contribution in [1.82, 2.24) is 0 Å². The molecule has 6 heteroatoms. The minimum absolute atomic E-state index is 0. The second kappa shape index (κ2) is 4.51. The Morgan fingerprint density at radius 1 is 1.17 bits per heavy atom. The molecule has 0 aliphatic carbocycles. The summed E-state index contributed by atoms with van der Waals surface area (Å²) in [6, 6.07) is 5.27. The van der Waals surface area contributed by atoms with E-state index >= 15 is 0 Å². The molecule has 12 heavy (non-hydrogen) atoms. The van der Waals surface area contributed by atoms with E-state index in [0.717, 1.165) is 0 Å². The molecule has 0 atom stereocenters. The summed E-state index contributed by atoms with van der Waals surface area (Å²) >= 11 is -4.71. The van der Waals surface area contributed by atoms with Crippen molar-refractivity contribution in [3.8, 4) is 0 Å². The Hall–Kier alpha value is 0.298. The Kier molecular flexibility index (Phi) is 4.62. The van der Waals surface area contributed by atoms with E-state index in [1.54, 1.807) is 0 Å². The molecule has 1 aromatic rings. The van der Waals surface area contributed by atoms with Crippen molar-refractivity contribution < 1.29 is 41.5 Å². The van der Waals surface area contributed by atoms with E-state index < -0.39 is 14.2 Å². The molecule has 0 radical (unpaired) electrons. The Balaban J connectivity index is 0.00000121. The molecule has 1 rings (SSSR count). The number of benzene rings is 1. The van der Waals surface area contributed by atoms with Gasteiger partial charge in [-0.3, -0.25) is 0 Å². The van der Waals surface area contributed by atoms with Gasteiger partial charge in [0.05, 0.1) is 0 Å².